The summed E-state index contributed by atoms with van der Waals surface area (Å²) in [5.41, 5.74) is -4.65. The fourth-order valence-corrected chi connectivity index (χ4v) is 3.74. The van der Waals surface area contributed by atoms with Crippen molar-refractivity contribution in [3.05, 3.63) is 59.7 Å². The van der Waals surface area contributed by atoms with Crippen LogP contribution in [0.3, 0.4) is 0 Å². The number of hydrogen-bond acceptors (Lipinski definition) is 3. The van der Waals surface area contributed by atoms with Crippen LogP contribution in [0.2, 0.25) is 0 Å². The van der Waals surface area contributed by atoms with Crippen LogP contribution in [0.1, 0.15) is 11.1 Å². The van der Waals surface area contributed by atoms with E-state index in [0.717, 1.165) is 4.90 Å². The van der Waals surface area contributed by atoms with E-state index in [1.54, 1.807) is 36.4 Å². The van der Waals surface area contributed by atoms with Crippen LogP contribution in [0.5, 0.6) is 0 Å². The second-order valence-electron chi connectivity index (χ2n) is 6.13. The zero-order valence-electron chi connectivity index (χ0n) is 13.2. The Morgan fingerprint density at radius 3 is 1.92 bits per heavy atom. The first-order valence-corrected chi connectivity index (χ1v) is 7.51. The van der Waals surface area contributed by atoms with E-state index in [4.69, 9.17) is 0 Å². The molecule has 2 aromatic rings. The lowest BCUT2D eigenvalue weighted by Gasteiger charge is -2.33. The van der Waals surface area contributed by atoms with Crippen LogP contribution in [0.4, 0.5) is 15.8 Å². The van der Waals surface area contributed by atoms with Gasteiger partial charge in [0.1, 0.15) is 0 Å². The summed E-state index contributed by atoms with van der Waals surface area (Å²) in [6.07, 6.45) is 0. The Balaban J connectivity index is 2.05. The predicted molar refractivity (Wildman–Crippen MR) is 86.4 cm³/mol. The molecule has 0 bridgehead atoms. The molecule has 0 saturated heterocycles. The van der Waals surface area contributed by atoms with Crippen molar-refractivity contribution in [3.63, 3.8) is 0 Å². The molecule has 0 saturated carbocycles. The summed E-state index contributed by atoms with van der Waals surface area (Å²) in [6.45, 7) is 0. The maximum absolute atomic E-state index is 16.3. The van der Waals surface area contributed by atoms with Gasteiger partial charge in [-0.05, 0) is 12.1 Å². The number of hydrogen-bond donors (Lipinski definition) is 1. The molecule has 6 heteroatoms. The average Bonchev–Trinajstić information content (AvgIpc) is 2.94. The third kappa shape index (κ3) is 1.38. The molecule has 2 atom stereocenters. The molecule has 0 aromatic heterocycles. The molecule has 5 nitrogen and oxygen atoms in total. The highest BCUT2D eigenvalue weighted by Gasteiger charge is 2.71. The van der Waals surface area contributed by atoms with Gasteiger partial charge in [0.2, 0.25) is 5.60 Å². The summed E-state index contributed by atoms with van der Waals surface area (Å²) < 4.78 is 16.3. The van der Waals surface area contributed by atoms with Crippen LogP contribution in [0.15, 0.2) is 48.5 Å². The van der Waals surface area contributed by atoms with Crippen molar-refractivity contribution in [1.82, 2.24) is 0 Å². The number of amides is 2. The van der Waals surface area contributed by atoms with Gasteiger partial charge in [-0.15, -0.1) is 0 Å². The SMILES string of the molecule is CN1C(=O)[C@](O)([C@]2(F)C(=O)N(C)c3ccccc32)c2ccccc21. The molecule has 2 aliphatic rings. The van der Waals surface area contributed by atoms with E-state index in [2.05, 4.69) is 0 Å². The normalized spacial score (nSPS) is 28.3. The average molecular weight is 326 g/mol. The number of fused-ring (bicyclic) bond motifs is 2. The molecular formula is C18H15FN2O3. The molecule has 4 rings (SSSR count). The first-order chi connectivity index (χ1) is 11.3. The monoisotopic (exact) mass is 326 g/mol. The van der Waals surface area contributed by atoms with Crippen LogP contribution in [-0.2, 0) is 20.9 Å². The fraction of sp³-hybridized carbons (Fsp3) is 0.222. The third-order valence-electron chi connectivity index (χ3n) is 5.00. The second-order valence-corrected chi connectivity index (χ2v) is 6.13. The summed E-state index contributed by atoms with van der Waals surface area (Å²) in [4.78, 5) is 27.9. The Bertz CT molecular complexity index is 826. The summed E-state index contributed by atoms with van der Waals surface area (Å²) in [6, 6.07) is 12.7. The smallest absolute Gasteiger partial charge is 0.273 e. The Kier molecular flexibility index (Phi) is 2.73. The molecule has 122 valence electrons. The van der Waals surface area contributed by atoms with Crippen LogP contribution >= 0.6 is 0 Å². The lowest BCUT2D eigenvalue weighted by molar-refractivity contribution is -0.167. The maximum Gasteiger partial charge on any atom is 0.273 e. The lowest BCUT2D eigenvalue weighted by Crippen LogP contribution is -2.57. The van der Waals surface area contributed by atoms with Gasteiger partial charge in [0.15, 0.2) is 0 Å². The topological polar surface area (TPSA) is 60.9 Å². The summed E-state index contributed by atoms with van der Waals surface area (Å²) >= 11 is 0. The molecule has 0 aliphatic carbocycles. The van der Waals surface area contributed by atoms with E-state index in [1.165, 1.54) is 31.1 Å². The van der Waals surface area contributed by atoms with Crippen molar-refractivity contribution < 1.29 is 19.1 Å². The Morgan fingerprint density at radius 1 is 0.833 bits per heavy atom. The number of alkyl halides is 1. The van der Waals surface area contributed by atoms with Gasteiger partial charge in [0.05, 0.1) is 11.4 Å². The van der Waals surface area contributed by atoms with Gasteiger partial charge < -0.3 is 14.9 Å². The number of nitrogens with zero attached hydrogens (tertiary/aromatic N) is 2. The fourth-order valence-electron chi connectivity index (χ4n) is 3.74. The molecule has 0 spiro atoms. The van der Waals surface area contributed by atoms with Gasteiger partial charge in [0.25, 0.3) is 17.5 Å². The molecule has 0 unspecified atom stereocenters. The van der Waals surface area contributed by atoms with E-state index in [0.29, 0.717) is 11.4 Å². The van der Waals surface area contributed by atoms with Crippen molar-refractivity contribution >= 4 is 23.2 Å². The summed E-state index contributed by atoms with van der Waals surface area (Å²) in [5.74, 6) is -1.81. The standard InChI is InChI=1S/C18H15FN2O3/c1-20-13-9-5-3-7-11(13)17(19,15(20)22)18(24)12-8-4-6-10-14(12)21(2)16(18)23/h3-10,24H,1-2H3/t17-,18+/m1/s1. The van der Waals surface area contributed by atoms with Gasteiger partial charge in [-0.25, -0.2) is 4.39 Å². The minimum Gasteiger partial charge on any atom is -0.372 e. The van der Waals surface area contributed by atoms with Crippen LogP contribution in [0.25, 0.3) is 0 Å². The van der Waals surface area contributed by atoms with Gasteiger partial charge in [-0.3, -0.25) is 9.59 Å². The van der Waals surface area contributed by atoms with Gasteiger partial charge in [-0.1, -0.05) is 36.4 Å². The number of carbonyl (C=O) groups excluding carboxylic acids is 2. The predicted octanol–water partition coefficient (Wildman–Crippen LogP) is 1.69. The molecule has 1 N–H and O–H groups in total. The van der Waals surface area contributed by atoms with Crippen LogP contribution < -0.4 is 9.80 Å². The molecule has 2 amide bonds. The second kappa shape index (κ2) is 4.42. The molecule has 2 aliphatic heterocycles. The van der Waals surface area contributed by atoms with Crippen molar-refractivity contribution in [3.8, 4) is 0 Å². The highest BCUT2D eigenvalue weighted by atomic mass is 19.1. The number of carbonyl (C=O) groups is 2. The minimum absolute atomic E-state index is 0.00143. The lowest BCUT2D eigenvalue weighted by atomic mass is 9.76. The Labute approximate surface area is 137 Å². The number of benzene rings is 2. The highest BCUT2D eigenvalue weighted by molar-refractivity contribution is 6.16. The van der Waals surface area contributed by atoms with E-state index in [-0.39, 0.29) is 11.1 Å². The molecule has 0 radical (unpaired) electrons. The van der Waals surface area contributed by atoms with Crippen molar-refractivity contribution in [1.29, 1.82) is 0 Å². The summed E-state index contributed by atoms with van der Waals surface area (Å²) in [7, 11) is 2.89. The van der Waals surface area contributed by atoms with Crippen molar-refractivity contribution in [2.24, 2.45) is 0 Å². The first-order valence-electron chi connectivity index (χ1n) is 7.51. The van der Waals surface area contributed by atoms with Gasteiger partial charge in [0, 0.05) is 25.2 Å². The third-order valence-corrected chi connectivity index (χ3v) is 5.00. The minimum atomic E-state index is -2.88. The summed E-state index contributed by atoms with van der Waals surface area (Å²) in [5, 5.41) is 11.3. The van der Waals surface area contributed by atoms with Crippen LogP contribution in [0, 0.1) is 0 Å². The quantitative estimate of drug-likeness (QED) is 0.867. The van der Waals surface area contributed by atoms with Crippen molar-refractivity contribution in [2.75, 3.05) is 23.9 Å². The number of rotatable bonds is 1. The number of likely N-dealkylation sites (N-methyl/N-ethyl adjacent to an activating group) is 2. The van der Waals surface area contributed by atoms with Crippen molar-refractivity contribution in [2.45, 2.75) is 11.3 Å². The Morgan fingerprint density at radius 2 is 1.29 bits per heavy atom. The molecular weight excluding hydrogens is 311 g/mol. The molecule has 0 fully saturated rings. The number of para-hydroxylation sites is 2. The Hall–Kier alpha value is -2.73. The van der Waals surface area contributed by atoms with Crippen LogP contribution in [-0.4, -0.2) is 31.0 Å². The first kappa shape index (κ1) is 14.8. The van der Waals surface area contributed by atoms with Gasteiger partial charge >= 0.3 is 0 Å². The number of aliphatic hydroxyl groups is 1. The molecule has 24 heavy (non-hydrogen) atoms. The maximum atomic E-state index is 16.3. The van der Waals surface area contributed by atoms with E-state index in [9.17, 15) is 14.7 Å². The number of anilines is 2. The highest BCUT2D eigenvalue weighted by Crippen LogP contribution is 2.57. The molecule has 2 aromatic carbocycles. The zero-order valence-corrected chi connectivity index (χ0v) is 13.2. The van der Waals surface area contributed by atoms with E-state index in [1.807, 2.05) is 0 Å². The zero-order chi connectivity index (χ0) is 17.3. The number of halogens is 1. The van der Waals surface area contributed by atoms with Gasteiger partial charge in [-0.2, -0.15) is 0 Å². The largest absolute Gasteiger partial charge is 0.372 e. The van der Waals surface area contributed by atoms with E-state index < -0.39 is 23.1 Å². The van der Waals surface area contributed by atoms with E-state index >= 15 is 4.39 Å². The molecule has 2 heterocycles.